The van der Waals surface area contributed by atoms with Crippen molar-refractivity contribution < 1.29 is 0 Å². The minimum Gasteiger partial charge on any atom is -0.307 e. The summed E-state index contributed by atoms with van der Waals surface area (Å²) in [5.41, 5.74) is 10.1. The maximum absolute atomic E-state index is 5.16. The van der Waals surface area contributed by atoms with Gasteiger partial charge in [0.15, 0.2) is 0 Å². The smallest absolute Gasteiger partial charge is 0.146 e. The van der Waals surface area contributed by atoms with Crippen molar-refractivity contribution in [3.63, 3.8) is 0 Å². The summed E-state index contributed by atoms with van der Waals surface area (Å²) < 4.78 is 4.80. The van der Waals surface area contributed by atoms with Crippen LogP contribution in [0.4, 0.5) is 0 Å². The summed E-state index contributed by atoms with van der Waals surface area (Å²) in [6.07, 6.45) is 3.70. The molecule has 0 spiro atoms. The van der Waals surface area contributed by atoms with Crippen LogP contribution in [0.25, 0.3) is 77.0 Å². The van der Waals surface area contributed by atoms with Gasteiger partial charge in [0.05, 0.1) is 27.6 Å². The molecule has 0 N–H and O–H groups in total. The monoisotopic (exact) mass is 510 g/mol. The first-order valence-electron chi connectivity index (χ1n) is 13.5. The van der Waals surface area contributed by atoms with E-state index >= 15 is 0 Å². The number of aromatic nitrogens is 4. The molecule has 0 amide bonds. The lowest BCUT2D eigenvalue weighted by atomic mass is 10.0. The Morgan fingerprint density at radius 1 is 0.475 bits per heavy atom. The van der Waals surface area contributed by atoms with Crippen molar-refractivity contribution in [2.45, 2.75) is 0 Å². The Bertz CT molecular complexity index is 2430. The van der Waals surface area contributed by atoms with Gasteiger partial charge in [-0.25, -0.2) is 4.98 Å². The molecule has 9 aromatic rings. The Labute approximate surface area is 229 Å². The number of fused-ring (bicyclic) bond motifs is 12. The lowest BCUT2D eigenvalue weighted by molar-refractivity contribution is 1.18. The normalized spacial score (nSPS) is 12.0. The van der Waals surface area contributed by atoms with Crippen LogP contribution in [0.1, 0.15) is 0 Å². The lowest BCUT2D eigenvalue weighted by Crippen LogP contribution is -1.98. The third-order valence-corrected chi connectivity index (χ3v) is 8.17. The highest BCUT2D eigenvalue weighted by atomic mass is 15.1. The van der Waals surface area contributed by atoms with Gasteiger partial charge in [-0.3, -0.25) is 9.38 Å². The summed E-state index contributed by atoms with van der Waals surface area (Å²) in [4.78, 5) is 9.38. The van der Waals surface area contributed by atoms with Crippen LogP contribution in [-0.2, 0) is 0 Å². The number of pyridine rings is 2. The van der Waals surface area contributed by atoms with Gasteiger partial charge in [0.25, 0.3) is 0 Å². The standard InChI is InChI=1S/C36H22N4/c1-2-12-30-26(10-1)28-16-17-29-27-11-3-5-14-32(27)39(25-9-7-8-24(22-25)23-18-20-37-21-19-23)34(29)35(28)40-33-15-6-4-13-31(33)38-36(30)40/h1-22H. The fourth-order valence-electron chi connectivity index (χ4n) is 6.47. The van der Waals surface area contributed by atoms with Crippen molar-refractivity contribution in [3.05, 3.63) is 134 Å². The molecule has 0 atom stereocenters. The van der Waals surface area contributed by atoms with E-state index in [0.717, 1.165) is 38.9 Å². The van der Waals surface area contributed by atoms with Crippen LogP contribution in [-0.4, -0.2) is 18.9 Å². The minimum atomic E-state index is 0.985. The van der Waals surface area contributed by atoms with Gasteiger partial charge in [-0.1, -0.05) is 78.9 Å². The number of para-hydroxylation sites is 3. The number of hydrogen-bond acceptors (Lipinski definition) is 2. The van der Waals surface area contributed by atoms with E-state index in [1.54, 1.807) is 0 Å². The van der Waals surface area contributed by atoms with E-state index in [9.17, 15) is 0 Å². The van der Waals surface area contributed by atoms with E-state index in [2.05, 4.69) is 135 Å². The third-order valence-electron chi connectivity index (χ3n) is 8.17. The van der Waals surface area contributed by atoms with Gasteiger partial charge in [-0.2, -0.15) is 0 Å². The maximum atomic E-state index is 5.16. The zero-order valence-corrected chi connectivity index (χ0v) is 21.5. The summed E-state index contributed by atoms with van der Waals surface area (Å²) in [5, 5.41) is 6.05. The quantitative estimate of drug-likeness (QED) is 0.218. The van der Waals surface area contributed by atoms with Crippen LogP contribution >= 0.6 is 0 Å². The molecule has 4 heterocycles. The molecule has 4 nitrogen and oxygen atoms in total. The molecule has 186 valence electrons. The topological polar surface area (TPSA) is 35.1 Å². The zero-order chi connectivity index (χ0) is 26.2. The zero-order valence-electron chi connectivity index (χ0n) is 21.5. The molecule has 5 aromatic carbocycles. The molecule has 0 saturated carbocycles. The summed E-state index contributed by atoms with van der Waals surface area (Å²) in [6, 6.07) is 43.3. The Morgan fingerprint density at radius 2 is 1.18 bits per heavy atom. The number of imidazole rings is 1. The summed E-state index contributed by atoms with van der Waals surface area (Å²) >= 11 is 0. The Morgan fingerprint density at radius 3 is 2.02 bits per heavy atom. The fraction of sp³-hybridized carbons (Fsp3) is 0. The first-order chi connectivity index (χ1) is 19.9. The van der Waals surface area contributed by atoms with Crippen LogP contribution in [0.15, 0.2) is 134 Å². The first-order valence-corrected chi connectivity index (χ1v) is 13.5. The Kier molecular flexibility index (Phi) is 4.30. The second kappa shape index (κ2) is 8.01. The van der Waals surface area contributed by atoms with E-state index in [0.29, 0.717) is 0 Å². The summed E-state index contributed by atoms with van der Waals surface area (Å²) in [5.74, 6) is 0. The summed E-state index contributed by atoms with van der Waals surface area (Å²) in [6.45, 7) is 0. The predicted octanol–water partition coefficient (Wildman–Crippen LogP) is 8.95. The molecular weight excluding hydrogens is 488 g/mol. The molecular formula is C36H22N4. The van der Waals surface area contributed by atoms with Crippen LogP contribution in [0, 0.1) is 0 Å². The molecule has 0 fully saturated rings. The lowest BCUT2D eigenvalue weighted by Gasteiger charge is -2.14. The second-order valence-corrected chi connectivity index (χ2v) is 10.3. The van der Waals surface area contributed by atoms with Gasteiger partial charge in [0, 0.05) is 39.6 Å². The Hall–Kier alpha value is -5.48. The third kappa shape index (κ3) is 2.85. The van der Waals surface area contributed by atoms with Gasteiger partial charge in [-0.05, 0) is 59.0 Å². The molecule has 0 saturated heterocycles. The molecule has 0 aliphatic heterocycles. The van der Waals surface area contributed by atoms with Gasteiger partial charge in [-0.15, -0.1) is 0 Å². The average molecular weight is 511 g/mol. The molecule has 0 radical (unpaired) electrons. The molecule has 0 unspecified atom stereocenters. The van der Waals surface area contributed by atoms with E-state index in [4.69, 9.17) is 4.98 Å². The van der Waals surface area contributed by atoms with Crippen LogP contribution in [0.5, 0.6) is 0 Å². The molecule has 40 heavy (non-hydrogen) atoms. The molecule has 0 aliphatic rings. The molecule has 4 aromatic heterocycles. The summed E-state index contributed by atoms with van der Waals surface area (Å²) in [7, 11) is 0. The number of hydrogen-bond donors (Lipinski definition) is 0. The predicted molar refractivity (Wildman–Crippen MR) is 165 cm³/mol. The Balaban J connectivity index is 1.54. The number of benzene rings is 5. The van der Waals surface area contributed by atoms with Crippen molar-refractivity contribution in [2.75, 3.05) is 0 Å². The first kappa shape index (κ1) is 21.5. The van der Waals surface area contributed by atoms with Crippen LogP contribution in [0.2, 0.25) is 0 Å². The molecule has 0 bridgehead atoms. The van der Waals surface area contributed by atoms with Gasteiger partial charge in [0.2, 0.25) is 0 Å². The van der Waals surface area contributed by atoms with Crippen molar-refractivity contribution in [3.8, 4) is 16.8 Å². The number of nitrogens with zero attached hydrogens (tertiary/aromatic N) is 4. The van der Waals surface area contributed by atoms with Gasteiger partial charge in [0.1, 0.15) is 5.65 Å². The average Bonchev–Trinajstić information content (AvgIpc) is 3.58. The van der Waals surface area contributed by atoms with Crippen molar-refractivity contribution in [1.82, 2.24) is 18.9 Å². The molecule has 4 heteroatoms. The van der Waals surface area contributed by atoms with Crippen LogP contribution in [0.3, 0.4) is 0 Å². The van der Waals surface area contributed by atoms with Crippen molar-refractivity contribution >= 4 is 60.2 Å². The van der Waals surface area contributed by atoms with E-state index < -0.39 is 0 Å². The van der Waals surface area contributed by atoms with Gasteiger partial charge >= 0.3 is 0 Å². The van der Waals surface area contributed by atoms with E-state index in [1.165, 1.54) is 38.1 Å². The SMILES string of the molecule is c1cc(-c2ccncc2)cc(-n2c3ccccc3c3ccc4c5ccccc5c5nc6ccccc6n5c4c32)c1. The van der Waals surface area contributed by atoms with Gasteiger partial charge < -0.3 is 4.57 Å². The van der Waals surface area contributed by atoms with Crippen molar-refractivity contribution in [2.24, 2.45) is 0 Å². The highest BCUT2D eigenvalue weighted by molar-refractivity contribution is 6.24. The molecule has 0 aliphatic carbocycles. The fourth-order valence-corrected chi connectivity index (χ4v) is 6.47. The highest BCUT2D eigenvalue weighted by Gasteiger charge is 2.20. The van der Waals surface area contributed by atoms with Crippen LogP contribution < -0.4 is 0 Å². The molecule has 9 rings (SSSR count). The number of rotatable bonds is 2. The highest BCUT2D eigenvalue weighted by Crippen LogP contribution is 2.41. The maximum Gasteiger partial charge on any atom is 0.146 e. The van der Waals surface area contributed by atoms with E-state index in [1.807, 2.05) is 12.4 Å². The van der Waals surface area contributed by atoms with E-state index in [-0.39, 0.29) is 0 Å². The largest absolute Gasteiger partial charge is 0.307 e. The minimum absolute atomic E-state index is 0.985. The second-order valence-electron chi connectivity index (χ2n) is 10.3. The van der Waals surface area contributed by atoms with Crippen molar-refractivity contribution in [1.29, 1.82) is 0 Å².